The summed E-state index contributed by atoms with van der Waals surface area (Å²) >= 11 is 1.44. The molecule has 0 aliphatic carbocycles. The topological polar surface area (TPSA) is 81.1 Å². The fourth-order valence-electron chi connectivity index (χ4n) is 3.75. The van der Waals surface area contributed by atoms with Crippen LogP contribution in [0.1, 0.15) is 48.8 Å². The monoisotopic (exact) mass is 451 g/mol. The third kappa shape index (κ3) is 4.60. The quantitative estimate of drug-likeness (QED) is 0.545. The van der Waals surface area contributed by atoms with Crippen LogP contribution in [0.4, 0.5) is 5.69 Å². The number of thioether (sulfide) groups is 1. The Kier molecular flexibility index (Phi) is 6.69. The summed E-state index contributed by atoms with van der Waals surface area (Å²) in [6.07, 6.45) is 1.78. The molecular weight excluding hydrogens is 422 g/mol. The Morgan fingerprint density at radius 2 is 1.94 bits per heavy atom. The van der Waals surface area contributed by atoms with Gasteiger partial charge in [0.2, 0.25) is 11.1 Å². The lowest BCUT2D eigenvalue weighted by Gasteiger charge is -2.33. The summed E-state index contributed by atoms with van der Waals surface area (Å²) in [5.74, 6) is 1.62. The highest BCUT2D eigenvalue weighted by Crippen LogP contribution is 2.38. The molecule has 168 valence electrons. The first-order chi connectivity index (χ1) is 15.5. The number of rotatable bonds is 7. The molecule has 1 aliphatic heterocycles. The third-order valence-electron chi connectivity index (χ3n) is 5.44. The number of benzene rings is 2. The maximum atomic E-state index is 13.5. The molecule has 7 nitrogen and oxygen atoms in total. The summed E-state index contributed by atoms with van der Waals surface area (Å²) in [6, 6.07) is 13.7. The number of carbonyl (C=O) groups is 1. The van der Waals surface area contributed by atoms with E-state index in [0.717, 1.165) is 46.8 Å². The largest absolute Gasteiger partial charge is 0.494 e. The Morgan fingerprint density at radius 1 is 1.16 bits per heavy atom. The molecule has 4 rings (SSSR count). The predicted molar refractivity (Wildman–Crippen MR) is 128 cm³/mol. The summed E-state index contributed by atoms with van der Waals surface area (Å²) in [5.41, 5.74) is 7.48. The second kappa shape index (κ2) is 9.65. The van der Waals surface area contributed by atoms with Crippen molar-refractivity contribution in [1.82, 2.24) is 14.9 Å². The van der Waals surface area contributed by atoms with Crippen LogP contribution in [0.25, 0.3) is 0 Å². The van der Waals surface area contributed by atoms with Crippen molar-refractivity contribution < 1.29 is 9.53 Å². The van der Waals surface area contributed by atoms with E-state index in [-0.39, 0.29) is 11.9 Å². The van der Waals surface area contributed by atoms with Crippen LogP contribution in [-0.2, 0) is 11.2 Å². The zero-order valence-corrected chi connectivity index (χ0v) is 19.7. The number of fused-ring (bicyclic) bond motifs is 1. The number of anilines is 1. The number of nitrogens with zero attached hydrogens (tertiary/aromatic N) is 3. The summed E-state index contributed by atoms with van der Waals surface area (Å²) in [5, 5.41) is 12.1. The highest BCUT2D eigenvalue weighted by Gasteiger charge is 2.38. The molecule has 2 heterocycles. The molecule has 2 aromatic carbocycles. The normalized spacial score (nSPS) is 17.4. The van der Waals surface area contributed by atoms with Crippen LogP contribution in [0.3, 0.4) is 0 Å². The smallest absolute Gasteiger partial charge is 0.240 e. The van der Waals surface area contributed by atoms with Crippen LogP contribution < -0.4 is 15.5 Å². The van der Waals surface area contributed by atoms with Gasteiger partial charge in [-0.3, -0.25) is 4.79 Å². The Morgan fingerprint density at radius 3 is 2.66 bits per heavy atom. The molecule has 0 spiro atoms. The number of amides is 1. The lowest BCUT2D eigenvalue weighted by Crippen LogP contribution is -2.41. The third-order valence-corrected chi connectivity index (χ3v) is 6.65. The molecule has 0 saturated heterocycles. The van der Waals surface area contributed by atoms with Gasteiger partial charge in [0.25, 0.3) is 0 Å². The van der Waals surface area contributed by atoms with E-state index in [4.69, 9.17) is 4.74 Å². The van der Waals surface area contributed by atoms with Crippen LogP contribution in [0.15, 0.2) is 47.6 Å². The van der Waals surface area contributed by atoms with E-state index in [1.165, 1.54) is 11.8 Å². The van der Waals surface area contributed by atoms with E-state index in [1.54, 1.807) is 0 Å². The van der Waals surface area contributed by atoms with Crippen molar-refractivity contribution in [2.45, 2.75) is 57.0 Å². The number of aromatic nitrogens is 3. The lowest BCUT2D eigenvalue weighted by atomic mass is 10.0. The van der Waals surface area contributed by atoms with E-state index >= 15 is 0 Å². The van der Waals surface area contributed by atoms with Gasteiger partial charge < -0.3 is 15.5 Å². The molecule has 2 N–H and O–H groups in total. The minimum absolute atomic E-state index is 0.0682. The molecule has 1 aromatic heterocycles. The van der Waals surface area contributed by atoms with E-state index in [0.29, 0.717) is 11.8 Å². The molecule has 2 atom stereocenters. The van der Waals surface area contributed by atoms with Gasteiger partial charge in [0, 0.05) is 12.1 Å². The van der Waals surface area contributed by atoms with Crippen molar-refractivity contribution in [2.24, 2.45) is 0 Å². The number of aryl methyl sites for hydroxylation is 3. The fourth-order valence-corrected chi connectivity index (χ4v) is 4.85. The highest BCUT2D eigenvalue weighted by atomic mass is 32.2. The molecular formula is C24H29N5O2S. The number of hydrogen-bond donors (Lipinski definition) is 2. The maximum Gasteiger partial charge on any atom is 0.240 e. The number of ether oxygens (including phenoxy) is 1. The molecule has 0 fully saturated rings. The van der Waals surface area contributed by atoms with Gasteiger partial charge in [-0.2, -0.15) is 0 Å². The standard InChI is InChI=1S/C24H29N5O2S/c1-5-7-20-26-27-24-29(20)28-21(17-10-12-18(13-11-17)31-6-2)22(32-24)23(30)25-19-14-15(3)8-9-16(19)4/h8-14,21-22,28H,5-7H2,1-4H3,(H,25,30)/t21-,22-/m1/s1. The zero-order valence-electron chi connectivity index (χ0n) is 18.9. The molecule has 32 heavy (non-hydrogen) atoms. The average molecular weight is 452 g/mol. The highest BCUT2D eigenvalue weighted by molar-refractivity contribution is 8.00. The first-order valence-corrected chi connectivity index (χ1v) is 11.9. The summed E-state index contributed by atoms with van der Waals surface area (Å²) in [6.45, 7) is 8.71. The van der Waals surface area contributed by atoms with Gasteiger partial charge in [0.15, 0.2) is 5.82 Å². The van der Waals surface area contributed by atoms with Gasteiger partial charge in [-0.1, -0.05) is 43.0 Å². The second-order valence-corrected chi connectivity index (χ2v) is 9.05. The molecule has 3 aromatic rings. The van der Waals surface area contributed by atoms with Crippen LogP contribution in [0, 0.1) is 13.8 Å². The summed E-state index contributed by atoms with van der Waals surface area (Å²) in [4.78, 5) is 13.5. The molecule has 0 bridgehead atoms. The van der Waals surface area contributed by atoms with E-state index in [1.807, 2.05) is 67.9 Å². The minimum atomic E-state index is -0.418. The van der Waals surface area contributed by atoms with Crippen molar-refractivity contribution in [3.8, 4) is 5.75 Å². The van der Waals surface area contributed by atoms with E-state index in [2.05, 4.69) is 27.9 Å². The van der Waals surface area contributed by atoms with E-state index < -0.39 is 5.25 Å². The van der Waals surface area contributed by atoms with Crippen LogP contribution in [-0.4, -0.2) is 32.6 Å². The number of carbonyl (C=O) groups excluding carboxylic acids is 1. The van der Waals surface area contributed by atoms with Gasteiger partial charge in [-0.25, -0.2) is 4.68 Å². The first-order valence-electron chi connectivity index (χ1n) is 11.0. The molecule has 8 heteroatoms. The Balaban J connectivity index is 1.66. The van der Waals surface area contributed by atoms with Gasteiger partial charge in [-0.15, -0.1) is 10.2 Å². The molecule has 0 saturated carbocycles. The summed E-state index contributed by atoms with van der Waals surface area (Å²) < 4.78 is 7.52. The van der Waals surface area contributed by atoms with Crippen LogP contribution in [0.2, 0.25) is 0 Å². The van der Waals surface area contributed by atoms with Crippen LogP contribution >= 0.6 is 11.8 Å². The number of nitrogens with one attached hydrogen (secondary N) is 2. The molecule has 0 radical (unpaired) electrons. The number of hydrogen-bond acceptors (Lipinski definition) is 6. The predicted octanol–water partition coefficient (Wildman–Crippen LogP) is 4.64. The Labute approximate surface area is 192 Å². The molecule has 1 amide bonds. The molecule has 0 unspecified atom stereocenters. The maximum absolute atomic E-state index is 13.5. The lowest BCUT2D eigenvalue weighted by molar-refractivity contribution is -0.116. The van der Waals surface area contributed by atoms with Gasteiger partial charge in [-0.05, 0) is 62.1 Å². The van der Waals surface area contributed by atoms with Crippen molar-refractivity contribution in [3.63, 3.8) is 0 Å². The summed E-state index contributed by atoms with van der Waals surface area (Å²) in [7, 11) is 0. The SMILES string of the molecule is CCCc1nnc2n1N[C@H](c1ccc(OCC)cc1)[C@H](C(=O)Nc1cc(C)ccc1C)S2. The van der Waals surface area contributed by atoms with Gasteiger partial charge >= 0.3 is 0 Å². The van der Waals surface area contributed by atoms with Crippen molar-refractivity contribution in [2.75, 3.05) is 17.3 Å². The average Bonchev–Trinajstić information content (AvgIpc) is 3.18. The van der Waals surface area contributed by atoms with Crippen molar-refractivity contribution in [3.05, 3.63) is 65.0 Å². The van der Waals surface area contributed by atoms with Crippen molar-refractivity contribution in [1.29, 1.82) is 0 Å². The van der Waals surface area contributed by atoms with Gasteiger partial charge in [0.05, 0.1) is 12.6 Å². The Bertz CT molecular complexity index is 1100. The molecule has 1 aliphatic rings. The minimum Gasteiger partial charge on any atom is -0.494 e. The van der Waals surface area contributed by atoms with Crippen LogP contribution in [0.5, 0.6) is 5.75 Å². The van der Waals surface area contributed by atoms with Crippen molar-refractivity contribution >= 4 is 23.4 Å². The second-order valence-electron chi connectivity index (χ2n) is 7.94. The zero-order chi connectivity index (χ0) is 22.7. The Hall–Kier alpha value is -3.00. The van der Waals surface area contributed by atoms with E-state index in [9.17, 15) is 4.79 Å². The van der Waals surface area contributed by atoms with Gasteiger partial charge in [0.1, 0.15) is 11.0 Å². The first kappa shape index (κ1) is 22.2. The fraction of sp³-hybridized carbons (Fsp3) is 0.375.